The molecule has 2 aromatic carbocycles. The third-order valence-electron chi connectivity index (χ3n) is 7.30. The summed E-state index contributed by atoms with van der Waals surface area (Å²) >= 11 is 0. The van der Waals surface area contributed by atoms with Gasteiger partial charge >= 0.3 is 0 Å². The van der Waals surface area contributed by atoms with Gasteiger partial charge in [0, 0.05) is 5.56 Å². The minimum atomic E-state index is -0.903. The molecule has 162 valence electrons. The summed E-state index contributed by atoms with van der Waals surface area (Å²) in [6.07, 6.45) is 9.09. The lowest BCUT2D eigenvalue weighted by Crippen LogP contribution is -2.18. The lowest BCUT2D eigenvalue weighted by molar-refractivity contribution is 0.303. The number of unbranched alkanes of at least 4 members (excludes halogenated alkanes) is 1. The van der Waals surface area contributed by atoms with Crippen LogP contribution in [-0.4, -0.2) is 0 Å². The highest BCUT2D eigenvalue weighted by Crippen LogP contribution is 2.41. The van der Waals surface area contributed by atoms with Crippen LogP contribution in [0.5, 0.6) is 0 Å². The van der Waals surface area contributed by atoms with Crippen molar-refractivity contribution in [2.75, 3.05) is 0 Å². The first-order chi connectivity index (χ1) is 14.5. The van der Waals surface area contributed by atoms with Gasteiger partial charge in [-0.25, -0.2) is 17.6 Å². The van der Waals surface area contributed by atoms with Crippen LogP contribution in [0, 0.1) is 29.2 Å². The number of hydrogen-bond donors (Lipinski definition) is 0. The third kappa shape index (κ3) is 4.29. The van der Waals surface area contributed by atoms with Crippen molar-refractivity contribution in [2.24, 2.45) is 5.92 Å². The molecule has 0 N–H and O–H groups in total. The molecule has 2 aromatic rings. The number of aryl methyl sites for hydroxylation is 1. The Kier molecular flexibility index (Phi) is 6.50. The van der Waals surface area contributed by atoms with E-state index in [1.165, 1.54) is 31.4 Å². The second kappa shape index (κ2) is 9.11. The summed E-state index contributed by atoms with van der Waals surface area (Å²) < 4.78 is 57.9. The smallest absolute Gasteiger partial charge is 0.162 e. The van der Waals surface area contributed by atoms with Crippen molar-refractivity contribution < 1.29 is 17.6 Å². The van der Waals surface area contributed by atoms with Gasteiger partial charge in [0.25, 0.3) is 0 Å². The zero-order chi connectivity index (χ0) is 21.3. The van der Waals surface area contributed by atoms with Gasteiger partial charge in [0.05, 0.1) is 0 Å². The highest BCUT2D eigenvalue weighted by Gasteiger charge is 2.30. The van der Waals surface area contributed by atoms with Crippen LogP contribution in [0.1, 0.15) is 92.4 Å². The Balaban J connectivity index is 1.51. The van der Waals surface area contributed by atoms with Crippen molar-refractivity contribution in [3.8, 4) is 0 Å². The third-order valence-corrected chi connectivity index (χ3v) is 7.30. The van der Waals surface area contributed by atoms with Crippen molar-refractivity contribution in [1.82, 2.24) is 0 Å². The first kappa shape index (κ1) is 21.4. The molecule has 0 heterocycles. The highest BCUT2D eigenvalue weighted by atomic mass is 19.2. The molecule has 30 heavy (non-hydrogen) atoms. The van der Waals surface area contributed by atoms with Gasteiger partial charge in [-0.3, -0.25) is 0 Å². The van der Waals surface area contributed by atoms with E-state index in [1.54, 1.807) is 6.07 Å². The second-order valence-corrected chi connectivity index (χ2v) is 9.20. The Hall–Kier alpha value is -1.84. The molecule has 0 nitrogen and oxygen atoms in total. The minimum absolute atomic E-state index is 0.0321. The van der Waals surface area contributed by atoms with Gasteiger partial charge in [0.15, 0.2) is 11.6 Å². The van der Waals surface area contributed by atoms with Gasteiger partial charge in [-0.05, 0) is 97.6 Å². The topological polar surface area (TPSA) is 0 Å². The van der Waals surface area contributed by atoms with Gasteiger partial charge in [0.2, 0.25) is 0 Å². The molecular weight excluding hydrogens is 388 g/mol. The first-order valence-electron chi connectivity index (χ1n) is 11.4. The number of rotatable bonds is 5. The van der Waals surface area contributed by atoms with Crippen LogP contribution < -0.4 is 0 Å². The molecule has 0 bridgehead atoms. The van der Waals surface area contributed by atoms with Crippen LogP contribution in [0.3, 0.4) is 0 Å². The van der Waals surface area contributed by atoms with E-state index in [0.717, 1.165) is 48.8 Å². The summed E-state index contributed by atoms with van der Waals surface area (Å²) in [6.45, 7) is 2.20. The molecule has 1 saturated carbocycles. The van der Waals surface area contributed by atoms with Gasteiger partial charge in [0.1, 0.15) is 11.6 Å². The maximum atomic E-state index is 15.0. The SMILES string of the molecule is CCCCC1CCC(c2cc(F)c(C3CCc4ccc(F)c(F)c4C3)c(F)c2)CC1. The Morgan fingerprint density at radius 2 is 1.53 bits per heavy atom. The second-order valence-electron chi connectivity index (χ2n) is 9.20. The van der Waals surface area contributed by atoms with E-state index >= 15 is 8.78 Å². The van der Waals surface area contributed by atoms with Gasteiger partial charge < -0.3 is 0 Å². The lowest BCUT2D eigenvalue weighted by atomic mass is 9.75. The van der Waals surface area contributed by atoms with E-state index in [2.05, 4.69) is 6.92 Å². The lowest BCUT2D eigenvalue weighted by Gasteiger charge is -2.30. The van der Waals surface area contributed by atoms with E-state index in [0.29, 0.717) is 12.8 Å². The predicted molar refractivity (Wildman–Crippen MR) is 112 cm³/mol. The van der Waals surface area contributed by atoms with Gasteiger partial charge in [-0.1, -0.05) is 32.3 Å². The molecule has 0 amide bonds. The Morgan fingerprint density at radius 1 is 0.833 bits per heavy atom. The van der Waals surface area contributed by atoms with Crippen LogP contribution in [0.2, 0.25) is 0 Å². The fourth-order valence-corrected chi connectivity index (χ4v) is 5.52. The molecule has 1 unspecified atom stereocenters. The van der Waals surface area contributed by atoms with E-state index < -0.39 is 29.2 Å². The first-order valence-corrected chi connectivity index (χ1v) is 11.4. The number of halogens is 4. The van der Waals surface area contributed by atoms with Gasteiger partial charge in [-0.15, -0.1) is 0 Å². The number of hydrogen-bond acceptors (Lipinski definition) is 0. The van der Waals surface area contributed by atoms with Crippen LogP contribution in [0.4, 0.5) is 17.6 Å². The van der Waals surface area contributed by atoms with Crippen molar-refractivity contribution in [2.45, 2.75) is 83.0 Å². The summed E-state index contributed by atoms with van der Waals surface area (Å²) in [5, 5.41) is 0. The molecule has 2 aliphatic carbocycles. The molecule has 1 fully saturated rings. The van der Waals surface area contributed by atoms with Crippen LogP contribution in [0.15, 0.2) is 24.3 Å². The average molecular weight is 419 g/mol. The van der Waals surface area contributed by atoms with E-state index in [-0.39, 0.29) is 23.5 Å². The predicted octanol–water partition coefficient (Wildman–Crippen LogP) is 7.98. The molecule has 1 atom stereocenters. The summed E-state index contributed by atoms with van der Waals surface area (Å²) in [4.78, 5) is 0. The van der Waals surface area contributed by atoms with E-state index in [4.69, 9.17) is 0 Å². The maximum Gasteiger partial charge on any atom is 0.162 e. The Morgan fingerprint density at radius 3 is 2.20 bits per heavy atom. The molecular formula is C26H30F4. The number of benzene rings is 2. The summed E-state index contributed by atoms with van der Waals surface area (Å²) in [6, 6.07) is 5.69. The fraction of sp³-hybridized carbons (Fsp3) is 0.538. The van der Waals surface area contributed by atoms with Crippen molar-refractivity contribution >= 4 is 0 Å². The van der Waals surface area contributed by atoms with Crippen LogP contribution in [-0.2, 0) is 12.8 Å². The number of fused-ring (bicyclic) bond motifs is 1. The Bertz CT molecular complexity index is 873. The largest absolute Gasteiger partial charge is 0.207 e. The molecule has 0 spiro atoms. The fourth-order valence-electron chi connectivity index (χ4n) is 5.52. The molecule has 4 rings (SSSR count). The molecule has 0 radical (unpaired) electrons. The Labute approximate surface area is 176 Å². The van der Waals surface area contributed by atoms with Crippen molar-refractivity contribution in [1.29, 1.82) is 0 Å². The van der Waals surface area contributed by atoms with E-state index in [9.17, 15) is 8.78 Å². The van der Waals surface area contributed by atoms with Crippen LogP contribution >= 0.6 is 0 Å². The average Bonchev–Trinajstić information content (AvgIpc) is 2.75. The summed E-state index contributed by atoms with van der Waals surface area (Å²) in [5.74, 6) is -2.37. The standard InChI is InChI=1S/C26H30F4/c1-2-3-4-16-5-7-17(8-6-16)20-14-23(28)25(24(29)15-20)19-10-9-18-11-12-22(27)26(30)21(18)13-19/h11-12,14-17,19H,2-10,13H2,1H3. The zero-order valence-electron chi connectivity index (χ0n) is 17.6. The molecule has 0 aliphatic heterocycles. The van der Waals surface area contributed by atoms with Crippen molar-refractivity contribution in [3.63, 3.8) is 0 Å². The van der Waals surface area contributed by atoms with Gasteiger partial charge in [-0.2, -0.15) is 0 Å². The van der Waals surface area contributed by atoms with Crippen molar-refractivity contribution in [3.05, 3.63) is 69.8 Å². The molecule has 2 aliphatic rings. The summed E-state index contributed by atoms with van der Waals surface area (Å²) in [5.41, 5.74) is 1.78. The van der Waals surface area contributed by atoms with Crippen LogP contribution in [0.25, 0.3) is 0 Å². The minimum Gasteiger partial charge on any atom is -0.207 e. The molecule has 0 saturated heterocycles. The molecule has 0 aromatic heterocycles. The quantitative estimate of drug-likeness (QED) is 0.432. The monoisotopic (exact) mass is 418 g/mol. The summed E-state index contributed by atoms with van der Waals surface area (Å²) in [7, 11) is 0. The zero-order valence-corrected chi connectivity index (χ0v) is 17.6. The highest BCUT2D eigenvalue weighted by molar-refractivity contribution is 5.38. The molecule has 4 heteroatoms. The normalized spacial score (nSPS) is 24.0. The maximum absolute atomic E-state index is 15.0. The van der Waals surface area contributed by atoms with E-state index in [1.807, 2.05) is 0 Å².